The second-order valence-electron chi connectivity index (χ2n) is 4.03. The van der Waals surface area contributed by atoms with E-state index >= 15 is 0 Å². The molecule has 6 heteroatoms. The Hall–Kier alpha value is -2.50. The van der Waals surface area contributed by atoms with Crippen LogP contribution in [-0.2, 0) is 4.79 Å². The van der Waals surface area contributed by atoms with Crippen LogP contribution in [0.3, 0.4) is 0 Å². The molecule has 2 rings (SSSR count). The molecule has 1 fully saturated rings. The average molecular weight is 276 g/mol. The highest BCUT2D eigenvalue weighted by atomic mass is 16.5. The summed E-state index contributed by atoms with van der Waals surface area (Å²) >= 11 is 0. The van der Waals surface area contributed by atoms with Gasteiger partial charge in [0, 0.05) is 11.6 Å². The number of urea groups is 1. The predicted octanol–water partition coefficient (Wildman–Crippen LogP) is 1.66. The summed E-state index contributed by atoms with van der Waals surface area (Å²) in [4.78, 5) is 22.6. The fourth-order valence-corrected chi connectivity index (χ4v) is 1.81. The number of hydrogen-bond acceptors (Lipinski definition) is 4. The molecule has 0 unspecified atom stereocenters. The molecule has 1 saturated heterocycles. The molecule has 106 valence electrons. The Bertz CT molecular complexity index is 566. The van der Waals surface area contributed by atoms with Crippen LogP contribution in [0.4, 0.5) is 4.79 Å². The van der Waals surface area contributed by atoms with Crippen LogP contribution in [0.15, 0.2) is 23.9 Å². The van der Waals surface area contributed by atoms with Gasteiger partial charge >= 0.3 is 6.03 Å². The highest BCUT2D eigenvalue weighted by Crippen LogP contribution is 2.27. The van der Waals surface area contributed by atoms with Crippen molar-refractivity contribution in [3.8, 4) is 11.5 Å². The van der Waals surface area contributed by atoms with Crippen molar-refractivity contribution in [2.24, 2.45) is 0 Å². The Morgan fingerprint density at radius 3 is 2.45 bits per heavy atom. The van der Waals surface area contributed by atoms with Gasteiger partial charge in [-0.25, -0.2) is 4.79 Å². The molecule has 0 bridgehead atoms. The summed E-state index contributed by atoms with van der Waals surface area (Å²) in [6.07, 6.45) is 1.57. The molecule has 3 amide bonds. The first-order valence-electron chi connectivity index (χ1n) is 6.37. The molecule has 20 heavy (non-hydrogen) atoms. The number of amides is 3. The Morgan fingerprint density at radius 2 is 1.85 bits per heavy atom. The van der Waals surface area contributed by atoms with Gasteiger partial charge < -0.3 is 14.8 Å². The van der Waals surface area contributed by atoms with Crippen molar-refractivity contribution in [3.05, 3.63) is 29.5 Å². The molecule has 6 nitrogen and oxygen atoms in total. The van der Waals surface area contributed by atoms with E-state index in [1.165, 1.54) is 0 Å². The Labute approximate surface area is 116 Å². The molecule has 0 spiro atoms. The van der Waals surface area contributed by atoms with Gasteiger partial charge in [0.2, 0.25) is 0 Å². The molecule has 1 aliphatic heterocycles. The van der Waals surface area contributed by atoms with Gasteiger partial charge in [0.25, 0.3) is 5.91 Å². The van der Waals surface area contributed by atoms with Gasteiger partial charge in [-0.15, -0.1) is 0 Å². The Kier molecular flexibility index (Phi) is 4.24. The number of benzene rings is 1. The van der Waals surface area contributed by atoms with E-state index in [1.807, 2.05) is 13.8 Å². The first-order valence-corrected chi connectivity index (χ1v) is 6.37. The topological polar surface area (TPSA) is 76.7 Å². The van der Waals surface area contributed by atoms with Crippen molar-refractivity contribution in [3.63, 3.8) is 0 Å². The van der Waals surface area contributed by atoms with E-state index in [1.54, 1.807) is 24.3 Å². The second kappa shape index (κ2) is 6.10. The van der Waals surface area contributed by atoms with E-state index in [-0.39, 0.29) is 5.70 Å². The van der Waals surface area contributed by atoms with Crippen LogP contribution in [0.25, 0.3) is 6.08 Å². The molecule has 0 aliphatic carbocycles. The molecule has 1 aromatic rings. The van der Waals surface area contributed by atoms with Crippen molar-refractivity contribution in [2.75, 3.05) is 13.2 Å². The van der Waals surface area contributed by atoms with Crippen LogP contribution >= 0.6 is 0 Å². The summed E-state index contributed by atoms with van der Waals surface area (Å²) in [5.41, 5.74) is 0.891. The van der Waals surface area contributed by atoms with E-state index in [0.29, 0.717) is 30.3 Å². The molecule has 2 N–H and O–H groups in total. The lowest BCUT2D eigenvalue weighted by Gasteiger charge is -2.10. The summed E-state index contributed by atoms with van der Waals surface area (Å²) < 4.78 is 10.9. The smallest absolute Gasteiger partial charge is 0.326 e. The average Bonchev–Trinajstić information content (AvgIpc) is 2.71. The molecule has 0 radical (unpaired) electrons. The standard InChI is InChI=1S/C14H16N2O4/c1-3-19-10-6-5-9(12(8-10)20-4-2)7-11-13(17)16-14(18)15-11/h5-8H,3-4H2,1-2H3,(H2,15,16,17,18). The van der Waals surface area contributed by atoms with Crippen LogP contribution in [0.1, 0.15) is 19.4 Å². The van der Waals surface area contributed by atoms with Gasteiger partial charge in [-0.3, -0.25) is 10.1 Å². The first kappa shape index (κ1) is 13.9. The summed E-state index contributed by atoms with van der Waals surface area (Å²) in [5.74, 6) is 0.837. The van der Waals surface area contributed by atoms with Crippen molar-refractivity contribution < 1.29 is 19.1 Å². The maximum absolute atomic E-state index is 11.5. The van der Waals surface area contributed by atoms with E-state index in [2.05, 4.69) is 10.6 Å². The van der Waals surface area contributed by atoms with Crippen molar-refractivity contribution in [1.29, 1.82) is 0 Å². The largest absolute Gasteiger partial charge is 0.494 e. The van der Waals surface area contributed by atoms with E-state index in [4.69, 9.17) is 9.47 Å². The van der Waals surface area contributed by atoms with Crippen molar-refractivity contribution in [1.82, 2.24) is 10.6 Å². The van der Waals surface area contributed by atoms with Gasteiger partial charge in [0.1, 0.15) is 17.2 Å². The van der Waals surface area contributed by atoms with Crippen LogP contribution in [0.2, 0.25) is 0 Å². The lowest BCUT2D eigenvalue weighted by atomic mass is 10.1. The highest BCUT2D eigenvalue weighted by Gasteiger charge is 2.23. The quantitative estimate of drug-likeness (QED) is 0.633. The molecule has 0 aromatic heterocycles. The summed E-state index contributed by atoms with van der Waals surface area (Å²) in [6.45, 7) is 4.82. The zero-order valence-electron chi connectivity index (χ0n) is 11.4. The summed E-state index contributed by atoms with van der Waals surface area (Å²) in [6, 6.07) is 4.80. The van der Waals surface area contributed by atoms with Crippen LogP contribution in [0.5, 0.6) is 11.5 Å². The van der Waals surface area contributed by atoms with Gasteiger partial charge in [-0.2, -0.15) is 0 Å². The van der Waals surface area contributed by atoms with Crippen molar-refractivity contribution in [2.45, 2.75) is 13.8 Å². The highest BCUT2D eigenvalue weighted by molar-refractivity contribution is 6.14. The summed E-state index contributed by atoms with van der Waals surface area (Å²) in [7, 11) is 0. The Morgan fingerprint density at radius 1 is 1.10 bits per heavy atom. The van der Waals surface area contributed by atoms with Crippen LogP contribution in [-0.4, -0.2) is 25.2 Å². The molecular formula is C14H16N2O4. The normalized spacial score (nSPS) is 16.0. The van der Waals surface area contributed by atoms with E-state index in [0.717, 1.165) is 0 Å². The maximum atomic E-state index is 11.5. The molecule has 1 aromatic carbocycles. The third kappa shape index (κ3) is 3.09. The molecule has 0 atom stereocenters. The number of rotatable bonds is 5. The second-order valence-corrected chi connectivity index (χ2v) is 4.03. The maximum Gasteiger partial charge on any atom is 0.326 e. The minimum absolute atomic E-state index is 0.195. The summed E-state index contributed by atoms with van der Waals surface area (Å²) in [5, 5.41) is 4.58. The number of imide groups is 1. The first-order chi connectivity index (χ1) is 9.63. The van der Waals surface area contributed by atoms with Crippen LogP contribution < -0.4 is 20.1 Å². The van der Waals surface area contributed by atoms with E-state index in [9.17, 15) is 9.59 Å². The number of hydrogen-bond donors (Lipinski definition) is 2. The van der Waals surface area contributed by atoms with Gasteiger partial charge in [-0.05, 0) is 32.1 Å². The van der Waals surface area contributed by atoms with Gasteiger partial charge in [-0.1, -0.05) is 0 Å². The van der Waals surface area contributed by atoms with Gasteiger partial charge in [0.05, 0.1) is 13.2 Å². The monoisotopic (exact) mass is 276 g/mol. The number of ether oxygens (including phenoxy) is 2. The minimum atomic E-state index is -0.523. The van der Waals surface area contributed by atoms with Crippen LogP contribution in [0, 0.1) is 0 Å². The zero-order valence-corrected chi connectivity index (χ0v) is 11.4. The number of carbonyl (C=O) groups excluding carboxylic acids is 2. The van der Waals surface area contributed by atoms with Crippen molar-refractivity contribution >= 4 is 18.0 Å². The molecule has 0 saturated carbocycles. The molecular weight excluding hydrogens is 260 g/mol. The lowest BCUT2D eigenvalue weighted by molar-refractivity contribution is -0.115. The third-order valence-electron chi connectivity index (χ3n) is 2.62. The molecule has 1 heterocycles. The fourth-order valence-electron chi connectivity index (χ4n) is 1.81. The SMILES string of the molecule is CCOc1ccc(C=C2NC(=O)NC2=O)c(OCC)c1. The number of carbonyl (C=O) groups is 2. The predicted molar refractivity (Wildman–Crippen MR) is 73.4 cm³/mol. The number of nitrogens with one attached hydrogen (secondary N) is 2. The molecule has 1 aliphatic rings. The minimum Gasteiger partial charge on any atom is -0.494 e. The zero-order chi connectivity index (χ0) is 14.5. The fraction of sp³-hybridized carbons (Fsp3) is 0.286. The lowest BCUT2D eigenvalue weighted by Crippen LogP contribution is -2.22. The van der Waals surface area contributed by atoms with E-state index < -0.39 is 11.9 Å². The van der Waals surface area contributed by atoms with Gasteiger partial charge in [0.15, 0.2) is 0 Å². The third-order valence-corrected chi connectivity index (χ3v) is 2.62. The Balaban J connectivity index is 2.33.